The van der Waals surface area contributed by atoms with Gasteiger partial charge in [-0.3, -0.25) is 9.55 Å². The van der Waals surface area contributed by atoms with E-state index in [0.29, 0.717) is 18.1 Å². The molecule has 0 aliphatic heterocycles. The van der Waals surface area contributed by atoms with Crippen molar-refractivity contribution in [3.63, 3.8) is 0 Å². The smallest absolute Gasteiger partial charge is 0.163 e. The van der Waals surface area contributed by atoms with E-state index in [2.05, 4.69) is 113 Å². The Morgan fingerprint density at radius 2 is 1.53 bits per heavy atom. The molecule has 6 nitrogen and oxygen atoms in total. The Labute approximate surface area is 308 Å². The number of benzene rings is 3. The summed E-state index contributed by atoms with van der Waals surface area (Å²) < 4.78 is 2.41. The number of pyridine rings is 2. The molecule has 3 aliphatic carbocycles. The van der Waals surface area contributed by atoms with Gasteiger partial charge in [0.05, 0.1) is 22.6 Å². The third-order valence-corrected chi connectivity index (χ3v) is 10.6. The number of hydrogen-bond acceptors (Lipinski definition) is 5. The molecule has 3 aromatic carbocycles. The molecular weight excluding hydrogens is 649 g/mol. The summed E-state index contributed by atoms with van der Waals surface area (Å²) in [5.74, 6) is 3.27. The van der Waals surface area contributed by atoms with Crippen molar-refractivity contribution in [3.05, 3.63) is 180 Å². The molecule has 0 amide bonds. The van der Waals surface area contributed by atoms with Crippen LogP contribution >= 0.6 is 0 Å². The minimum Gasteiger partial charge on any atom is -0.294 e. The van der Waals surface area contributed by atoms with Crippen LogP contribution in [0.4, 0.5) is 0 Å². The molecule has 0 radical (unpaired) electrons. The third kappa shape index (κ3) is 5.64. The molecule has 1 atom stereocenters. The number of aryl methyl sites for hydroxylation is 1. The molecule has 7 aromatic rings. The zero-order chi connectivity index (χ0) is 35.1. The number of allylic oxidation sites excluding steroid dienone is 7. The second-order valence-corrected chi connectivity index (χ2v) is 13.9. The molecule has 1 unspecified atom stereocenters. The van der Waals surface area contributed by atoms with Crippen LogP contribution in [0.1, 0.15) is 52.8 Å². The average Bonchev–Trinajstić information content (AvgIpc) is 3.34. The lowest BCUT2D eigenvalue weighted by Gasteiger charge is -2.29. The first-order valence-corrected chi connectivity index (χ1v) is 18.5. The Morgan fingerprint density at radius 3 is 2.45 bits per heavy atom. The van der Waals surface area contributed by atoms with E-state index >= 15 is 0 Å². The van der Waals surface area contributed by atoms with Crippen LogP contribution in [-0.4, -0.2) is 29.5 Å². The molecule has 6 heteroatoms. The minimum atomic E-state index is 0.158. The standard InChI is InChI=1S/C47H36N6/c1-2-5-16-31(15-4-1)46-50-43(51-47(52-46)32-17-6-3-7-18-32)30-33-29-39-36(35-20-9-8-19-34(33)35)26-27-38-37-21-10-11-24-42(37)53(45(38)39)44-25-14-23-41(49-44)40-22-12-13-28-48-40/h1,3-9,11-20,22-28,33H,2,10,21,29-30H2. The lowest BCUT2D eigenvalue weighted by Crippen LogP contribution is -2.17. The second kappa shape index (κ2) is 13.2. The third-order valence-electron chi connectivity index (χ3n) is 10.6. The van der Waals surface area contributed by atoms with Gasteiger partial charge in [0.1, 0.15) is 11.6 Å². The van der Waals surface area contributed by atoms with Crippen molar-refractivity contribution in [2.45, 2.75) is 38.0 Å². The van der Waals surface area contributed by atoms with E-state index < -0.39 is 0 Å². The molecule has 4 aromatic heterocycles. The summed E-state index contributed by atoms with van der Waals surface area (Å²) in [6, 6.07) is 36.1. The van der Waals surface area contributed by atoms with Gasteiger partial charge in [-0.05, 0) is 89.8 Å². The van der Waals surface area contributed by atoms with Gasteiger partial charge < -0.3 is 0 Å². The molecule has 254 valence electrons. The average molecular weight is 685 g/mol. The molecule has 10 rings (SSSR count). The number of nitrogens with zero attached hydrogens (tertiary/aromatic N) is 6. The maximum Gasteiger partial charge on any atom is 0.163 e. The highest BCUT2D eigenvalue weighted by Gasteiger charge is 2.31. The fraction of sp³-hybridized carbons (Fsp3) is 0.128. The van der Waals surface area contributed by atoms with E-state index in [1.54, 1.807) is 0 Å². The van der Waals surface area contributed by atoms with E-state index in [9.17, 15) is 0 Å². The maximum atomic E-state index is 5.25. The maximum absolute atomic E-state index is 5.25. The zero-order valence-electron chi connectivity index (χ0n) is 29.2. The normalized spacial score (nSPS) is 15.8. The highest BCUT2D eigenvalue weighted by molar-refractivity contribution is 5.98. The van der Waals surface area contributed by atoms with Crippen LogP contribution in [-0.2, 0) is 19.3 Å². The van der Waals surface area contributed by atoms with Crippen molar-refractivity contribution >= 4 is 22.6 Å². The van der Waals surface area contributed by atoms with E-state index in [1.807, 2.05) is 48.7 Å². The van der Waals surface area contributed by atoms with Gasteiger partial charge >= 0.3 is 0 Å². The van der Waals surface area contributed by atoms with Crippen LogP contribution < -0.4 is 0 Å². The molecule has 0 N–H and O–H groups in total. The van der Waals surface area contributed by atoms with E-state index in [4.69, 9.17) is 19.9 Å². The van der Waals surface area contributed by atoms with Crippen molar-refractivity contribution in [3.8, 4) is 39.7 Å². The van der Waals surface area contributed by atoms with Crippen LogP contribution in [0, 0.1) is 0 Å². The van der Waals surface area contributed by atoms with Gasteiger partial charge in [0, 0.05) is 29.1 Å². The number of fused-ring (bicyclic) bond motifs is 7. The lowest BCUT2D eigenvalue weighted by atomic mass is 9.76. The second-order valence-electron chi connectivity index (χ2n) is 13.9. The monoisotopic (exact) mass is 684 g/mol. The van der Waals surface area contributed by atoms with Gasteiger partial charge in [-0.2, -0.15) is 0 Å². The molecule has 0 saturated heterocycles. The number of hydrogen-bond donors (Lipinski definition) is 0. The summed E-state index contributed by atoms with van der Waals surface area (Å²) in [6.07, 6.45) is 21.5. The van der Waals surface area contributed by atoms with Crippen LogP contribution in [0.3, 0.4) is 0 Å². The number of aromatic nitrogens is 6. The summed E-state index contributed by atoms with van der Waals surface area (Å²) in [4.78, 5) is 25.2. The van der Waals surface area contributed by atoms with Crippen LogP contribution in [0.2, 0.25) is 0 Å². The van der Waals surface area contributed by atoms with Gasteiger partial charge in [0.25, 0.3) is 0 Å². The molecule has 0 saturated carbocycles. The highest BCUT2D eigenvalue weighted by atomic mass is 15.1. The highest BCUT2D eigenvalue weighted by Crippen LogP contribution is 2.46. The molecule has 0 spiro atoms. The summed E-state index contributed by atoms with van der Waals surface area (Å²) >= 11 is 0. The molecule has 4 heterocycles. The molecule has 3 aliphatic rings. The van der Waals surface area contributed by atoms with Crippen molar-refractivity contribution < 1.29 is 0 Å². The van der Waals surface area contributed by atoms with Gasteiger partial charge in [-0.1, -0.05) is 115 Å². The summed E-state index contributed by atoms with van der Waals surface area (Å²) in [7, 11) is 0. The predicted octanol–water partition coefficient (Wildman–Crippen LogP) is 10.3. The van der Waals surface area contributed by atoms with E-state index in [1.165, 1.54) is 44.4 Å². The first kappa shape index (κ1) is 31.2. The Bertz CT molecular complexity index is 2650. The largest absolute Gasteiger partial charge is 0.294 e. The van der Waals surface area contributed by atoms with Gasteiger partial charge in [-0.25, -0.2) is 19.9 Å². The topological polar surface area (TPSA) is 69.4 Å². The zero-order valence-corrected chi connectivity index (χ0v) is 29.2. The fourth-order valence-electron chi connectivity index (χ4n) is 8.23. The summed E-state index contributed by atoms with van der Waals surface area (Å²) in [6.45, 7) is 0. The molecular formula is C47H36N6. The van der Waals surface area contributed by atoms with Gasteiger partial charge in [0.2, 0.25) is 0 Å². The van der Waals surface area contributed by atoms with Crippen molar-refractivity contribution in [1.29, 1.82) is 0 Å². The van der Waals surface area contributed by atoms with Crippen molar-refractivity contribution in [2.75, 3.05) is 0 Å². The summed E-state index contributed by atoms with van der Waals surface area (Å²) in [5, 5.41) is 1.31. The number of rotatable bonds is 6. The van der Waals surface area contributed by atoms with E-state index in [0.717, 1.165) is 59.8 Å². The molecule has 53 heavy (non-hydrogen) atoms. The predicted molar refractivity (Wildman–Crippen MR) is 213 cm³/mol. The summed E-state index contributed by atoms with van der Waals surface area (Å²) in [5.41, 5.74) is 12.8. The minimum absolute atomic E-state index is 0.158. The fourth-order valence-corrected chi connectivity index (χ4v) is 8.23. The van der Waals surface area contributed by atoms with E-state index in [-0.39, 0.29) is 5.92 Å². The van der Waals surface area contributed by atoms with Crippen molar-refractivity contribution in [2.24, 2.45) is 0 Å². The lowest BCUT2D eigenvalue weighted by molar-refractivity contribution is 0.645. The van der Waals surface area contributed by atoms with Crippen molar-refractivity contribution in [1.82, 2.24) is 29.5 Å². The quantitative estimate of drug-likeness (QED) is 0.174. The Hall–Kier alpha value is -6.53. The Morgan fingerprint density at radius 1 is 0.660 bits per heavy atom. The van der Waals surface area contributed by atoms with Crippen LogP contribution in [0.15, 0.2) is 146 Å². The molecule has 0 bridgehead atoms. The first-order valence-electron chi connectivity index (χ1n) is 18.5. The van der Waals surface area contributed by atoms with Gasteiger partial charge in [-0.15, -0.1) is 0 Å². The SMILES string of the molecule is C1=CCC=CC(c2nc(CC3Cc4c(ccc5c6c(n(-c7cccc(-c8ccccn8)n7)c45)C=CCC6)-c4ccccc43)nc(-c3ccccc3)n2)=C1. The first-order chi connectivity index (χ1) is 26.3. The Kier molecular flexibility index (Phi) is 7.79. The van der Waals surface area contributed by atoms with Gasteiger partial charge in [0.15, 0.2) is 11.6 Å². The Balaban J connectivity index is 1.14. The molecule has 0 fully saturated rings. The van der Waals surface area contributed by atoms with Crippen LogP contribution in [0.25, 0.3) is 62.3 Å². The van der Waals surface area contributed by atoms with Crippen LogP contribution in [0.5, 0.6) is 0 Å².